The van der Waals surface area contributed by atoms with Crippen LogP contribution in [0.2, 0.25) is 0 Å². The van der Waals surface area contributed by atoms with Gasteiger partial charge in [-0.1, -0.05) is 6.42 Å². The fraction of sp³-hybridized carbons (Fsp3) is 0.688. The van der Waals surface area contributed by atoms with Gasteiger partial charge in [0.15, 0.2) is 5.69 Å². The summed E-state index contributed by atoms with van der Waals surface area (Å²) >= 11 is 0. The van der Waals surface area contributed by atoms with Crippen LogP contribution in [0.15, 0.2) is 0 Å². The highest BCUT2D eigenvalue weighted by molar-refractivity contribution is 5.94. The molecule has 0 atom stereocenters. The molecule has 3 aliphatic rings. The van der Waals surface area contributed by atoms with Gasteiger partial charge in [0.1, 0.15) is 0 Å². The second-order valence-electron chi connectivity index (χ2n) is 6.57. The number of morpholine rings is 1. The van der Waals surface area contributed by atoms with Gasteiger partial charge < -0.3 is 14.5 Å². The number of carbonyl (C=O) groups excluding carboxylic acids is 2. The fourth-order valence-electron chi connectivity index (χ4n) is 3.49. The Morgan fingerprint density at radius 2 is 1.91 bits per heavy atom. The van der Waals surface area contributed by atoms with Gasteiger partial charge in [0.25, 0.3) is 5.91 Å². The molecule has 124 valence electrons. The summed E-state index contributed by atoms with van der Waals surface area (Å²) < 4.78 is 5.30. The predicted molar refractivity (Wildman–Crippen MR) is 81.8 cm³/mol. The normalized spacial score (nSPS) is 21.7. The van der Waals surface area contributed by atoms with Crippen LogP contribution >= 0.6 is 0 Å². The van der Waals surface area contributed by atoms with Gasteiger partial charge >= 0.3 is 0 Å². The maximum Gasteiger partial charge on any atom is 0.274 e. The zero-order chi connectivity index (χ0) is 15.8. The molecule has 0 aromatic carbocycles. The lowest BCUT2D eigenvalue weighted by Crippen LogP contribution is -2.43. The van der Waals surface area contributed by atoms with E-state index >= 15 is 0 Å². The minimum Gasteiger partial charge on any atom is -0.378 e. The molecule has 2 amide bonds. The lowest BCUT2D eigenvalue weighted by Gasteiger charge is -2.34. The van der Waals surface area contributed by atoms with Crippen LogP contribution in [0.3, 0.4) is 0 Å². The quantitative estimate of drug-likeness (QED) is 0.864. The number of fused-ring (bicyclic) bond motifs is 1. The van der Waals surface area contributed by atoms with E-state index in [4.69, 9.17) is 4.74 Å². The Kier molecular flexibility index (Phi) is 3.80. The molecule has 0 bridgehead atoms. The zero-order valence-electron chi connectivity index (χ0n) is 13.2. The van der Waals surface area contributed by atoms with Crippen molar-refractivity contribution >= 4 is 11.8 Å². The molecular formula is C16H22N4O3. The summed E-state index contributed by atoms with van der Waals surface area (Å²) in [5.74, 6) is 0.387. The number of aromatic amines is 1. The molecule has 1 aliphatic carbocycles. The molecule has 1 saturated carbocycles. The maximum absolute atomic E-state index is 12.7. The van der Waals surface area contributed by atoms with Crippen LogP contribution in [0, 0.1) is 5.92 Å². The summed E-state index contributed by atoms with van der Waals surface area (Å²) in [7, 11) is 0. The molecule has 0 unspecified atom stereocenters. The van der Waals surface area contributed by atoms with Gasteiger partial charge in [0, 0.05) is 49.8 Å². The highest BCUT2D eigenvalue weighted by atomic mass is 16.5. The Labute approximate surface area is 135 Å². The predicted octanol–water partition coefficient (Wildman–Crippen LogP) is 0.567. The minimum atomic E-state index is -0.0521. The van der Waals surface area contributed by atoms with Crippen LogP contribution in [-0.4, -0.2) is 64.7 Å². The number of ether oxygens (including phenoxy) is 1. The van der Waals surface area contributed by atoms with Crippen molar-refractivity contribution in [1.82, 2.24) is 20.0 Å². The second-order valence-corrected chi connectivity index (χ2v) is 6.57. The number of hydrogen-bond acceptors (Lipinski definition) is 4. The molecule has 1 aromatic heterocycles. The summed E-state index contributed by atoms with van der Waals surface area (Å²) in [4.78, 5) is 28.9. The molecule has 1 aromatic rings. The van der Waals surface area contributed by atoms with E-state index in [0.29, 0.717) is 38.5 Å². The standard InChI is InChI=1S/C16H22N4O3/c21-15(11-2-1-3-11)20-5-4-13-12(10-20)14(18-17-13)16(22)19-6-8-23-9-7-19/h11H,1-10H2,(H,17,18). The van der Waals surface area contributed by atoms with Crippen molar-refractivity contribution in [2.45, 2.75) is 32.2 Å². The van der Waals surface area contributed by atoms with Gasteiger partial charge in [-0.2, -0.15) is 5.10 Å². The van der Waals surface area contributed by atoms with E-state index in [2.05, 4.69) is 10.2 Å². The molecular weight excluding hydrogens is 296 g/mol. The van der Waals surface area contributed by atoms with Crippen molar-refractivity contribution in [3.8, 4) is 0 Å². The van der Waals surface area contributed by atoms with Crippen LogP contribution in [0.25, 0.3) is 0 Å². The number of nitrogens with one attached hydrogen (secondary N) is 1. The smallest absolute Gasteiger partial charge is 0.274 e. The molecule has 3 heterocycles. The van der Waals surface area contributed by atoms with E-state index in [0.717, 1.165) is 43.5 Å². The van der Waals surface area contributed by atoms with E-state index in [1.807, 2.05) is 4.90 Å². The van der Waals surface area contributed by atoms with Gasteiger partial charge in [-0.3, -0.25) is 14.7 Å². The number of rotatable bonds is 2. The van der Waals surface area contributed by atoms with Crippen LogP contribution in [0.5, 0.6) is 0 Å². The topological polar surface area (TPSA) is 78.5 Å². The summed E-state index contributed by atoms with van der Waals surface area (Å²) in [5.41, 5.74) is 2.38. The average Bonchev–Trinajstić information content (AvgIpc) is 2.96. The number of amides is 2. The van der Waals surface area contributed by atoms with E-state index in [-0.39, 0.29) is 17.7 Å². The van der Waals surface area contributed by atoms with Crippen LogP contribution < -0.4 is 0 Å². The number of aromatic nitrogens is 2. The van der Waals surface area contributed by atoms with Crippen molar-refractivity contribution < 1.29 is 14.3 Å². The first-order chi connectivity index (χ1) is 11.2. The summed E-state index contributed by atoms with van der Waals surface area (Å²) in [5, 5.41) is 7.25. The molecule has 0 spiro atoms. The first kappa shape index (κ1) is 14.7. The number of nitrogens with zero attached hydrogens (tertiary/aromatic N) is 3. The van der Waals surface area contributed by atoms with E-state index in [1.165, 1.54) is 0 Å². The molecule has 2 fully saturated rings. The number of hydrogen-bond donors (Lipinski definition) is 1. The largest absolute Gasteiger partial charge is 0.378 e. The van der Waals surface area contributed by atoms with Gasteiger partial charge in [-0.25, -0.2) is 0 Å². The van der Waals surface area contributed by atoms with Crippen molar-refractivity contribution in [2.24, 2.45) is 5.92 Å². The van der Waals surface area contributed by atoms with E-state index in [1.54, 1.807) is 4.90 Å². The van der Waals surface area contributed by atoms with Gasteiger partial charge in [-0.05, 0) is 12.8 Å². The Balaban J connectivity index is 1.52. The van der Waals surface area contributed by atoms with Crippen molar-refractivity contribution in [1.29, 1.82) is 0 Å². The first-order valence-corrected chi connectivity index (χ1v) is 8.46. The number of H-pyrrole nitrogens is 1. The molecule has 23 heavy (non-hydrogen) atoms. The Bertz CT molecular complexity index is 617. The second kappa shape index (κ2) is 5.96. The number of carbonyl (C=O) groups is 2. The molecule has 1 N–H and O–H groups in total. The summed E-state index contributed by atoms with van der Waals surface area (Å²) in [6.45, 7) is 3.58. The van der Waals surface area contributed by atoms with E-state index < -0.39 is 0 Å². The molecule has 2 aliphatic heterocycles. The van der Waals surface area contributed by atoms with Crippen LogP contribution in [0.4, 0.5) is 0 Å². The van der Waals surface area contributed by atoms with Crippen LogP contribution in [0.1, 0.15) is 41.0 Å². The van der Waals surface area contributed by atoms with Crippen molar-refractivity contribution in [2.75, 3.05) is 32.8 Å². The SMILES string of the molecule is O=C(c1n[nH]c2c1CN(C(=O)C1CCC1)CC2)N1CCOCC1. The Hall–Kier alpha value is -1.89. The Morgan fingerprint density at radius 1 is 1.13 bits per heavy atom. The maximum atomic E-state index is 12.7. The summed E-state index contributed by atoms with van der Waals surface area (Å²) in [6, 6.07) is 0. The van der Waals surface area contributed by atoms with Gasteiger partial charge in [-0.15, -0.1) is 0 Å². The van der Waals surface area contributed by atoms with Gasteiger partial charge in [0.2, 0.25) is 5.91 Å². The fourth-order valence-corrected chi connectivity index (χ4v) is 3.49. The highest BCUT2D eigenvalue weighted by Crippen LogP contribution is 2.30. The molecule has 0 radical (unpaired) electrons. The third-order valence-electron chi connectivity index (χ3n) is 5.20. The molecule has 7 heteroatoms. The van der Waals surface area contributed by atoms with E-state index in [9.17, 15) is 9.59 Å². The minimum absolute atomic E-state index is 0.0521. The summed E-state index contributed by atoms with van der Waals surface area (Å²) in [6.07, 6.45) is 3.92. The molecule has 4 rings (SSSR count). The van der Waals surface area contributed by atoms with Crippen molar-refractivity contribution in [3.63, 3.8) is 0 Å². The third-order valence-corrected chi connectivity index (χ3v) is 5.20. The molecule has 1 saturated heterocycles. The first-order valence-electron chi connectivity index (χ1n) is 8.46. The molecule has 7 nitrogen and oxygen atoms in total. The van der Waals surface area contributed by atoms with Gasteiger partial charge in [0.05, 0.1) is 13.2 Å². The average molecular weight is 318 g/mol. The third kappa shape index (κ3) is 2.63. The highest BCUT2D eigenvalue weighted by Gasteiger charge is 2.34. The van der Waals surface area contributed by atoms with Crippen LogP contribution in [-0.2, 0) is 22.5 Å². The lowest BCUT2D eigenvalue weighted by molar-refractivity contribution is -0.139. The van der Waals surface area contributed by atoms with Crippen molar-refractivity contribution in [3.05, 3.63) is 17.0 Å². The zero-order valence-corrected chi connectivity index (χ0v) is 13.2. The monoisotopic (exact) mass is 318 g/mol. The lowest BCUT2D eigenvalue weighted by atomic mass is 9.84. The Morgan fingerprint density at radius 3 is 2.61 bits per heavy atom.